The number of rotatable bonds is 13. The highest BCUT2D eigenvalue weighted by atomic mass is 19.1. The van der Waals surface area contributed by atoms with E-state index in [1.165, 1.54) is 18.6 Å². The van der Waals surface area contributed by atoms with Crippen LogP contribution in [0.1, 0.15) is 69.8 Å². The van der Waals surface area contributed by atoms with E-state index in [-0.39, 0.29) is 5.56 Å². The molecule has 7 nitrogen and oxygen atoms in total. The zero-order valence-corrected chi connectivity index (χ0v) is 22.2. The monoisotopic (exact) mass is 497 g/mol. The molecule has 0 bridgehead atoms. The van der Waals surface area contributed by atoms with Crippen LogP contribution >= 0.6 is 0 Å². The lowest BCUT2D eigenvalue weighted by Crippen LogP contribution is -2.25. The highest BCUT2D eigenvalue weighted by Gasteiger charge is 2.15. The topological polar surface area (TPSA) is 83.3 Å². The average molecular weight is 498 g/mol. The second-order valence-electron chi connectivity index (χ2n) is 8.14. The molecule has 3 rings (SSSR count). The lowest BCUT2D eigenvalue weighted by atomic mass is 10.0. The summed E-state index contributed by atoms with van der Waals surface area (Å²) in [5, 5.41) is 14.3. The van der Waals surface area contributed by atoms with Gasteiger partial charge >= 0.3 is 6.01 Å². The first-order valence-electron chi connectivity index (χ1n) is 13.0. The molecule has 1 aromatic heterocycles. The number of carbonyl (C=O) groups is 1. The van der Waals surface area contributed by atoms with E-state index in [2.05, 4.69) is 39.6 Å². The van der Waals surface area contributed by atoms with Crippen molar-refractivity contribution in [2.45, 2.75) is 60.3 Å². The van der Waals surface area contributed by atoms with Gasteiger partial charge in [0.1, 0.15) is 5.82 Å². The van der Waals surface area contributed by atoms with Crippen molar-refractivity contribution in [3.05, 3.63) is 59.4 Å². The number of anilines is 2. The lowest BCUT2D eigenvalue weighted by Gasteiger charge is -2.19. The van der Waals surface area contributed by atoms with Crippen molar-refractivity contribution in [2.75, 3.05) is 36.8 Å². The minimum Gasteiger partial charge on any atom is -0.403 e. The summed E-state index contributed by atoms with van der Waals surface area (Å²) in [4.78, 5) is 14.9. The number of nitrogens with one attached hydrogen (secondary N) is 2. The number of hydrogen-bond donors (Lipinski definition) is 2. The number of aryl methyl sites for hydroxylation is 1. The molecule has 0 saturated heterocycles. The predicted molar refractivity (Wildman–Crippen MR) is 145 cm³/mol. The summed E-state index contributed by atoms with van der Waals surface area (Å²) < 4.78 is 19.7. The largest absolute Gasteiger partial charge is 0.403 e. The van der Waals surface area contributed by atoms with Crippen LogP contribution in [0.15, 0.2) is 46.9 Å². The van der Waals surface area contributed by atoms with Gasteiger partial charge in [0.25, 0.3) is 5.91 Å². The van der Waals surface area contributed by atoms with Gasteiger partial charge in [0, 0.05) is 17.8 Å². The third-order valence-corrected chi connectivity index (χ3v) is 5.68. The maximum atomic E-state index is 13.9. The number of amides is 1. The zero-order valence-electron chi connectivity index (χ0n) is 22.2. The van der Waals surface area contributed by atoms with Crippen LogP contribution in [0.3, 0.4) is 0 Å². The summed E-state index contributed by atoms with van der Waals surface area (Å²) in [5.74, 6) is -0.623. The molecule has 0 unspecified atom stereocenters. The molecule has 8 heteroatoms. The van der Waals surface area contributed by atoms with Crippen molar-refractivity contribution < 1.29 is 13.6 Å². The van der Waals surface area contributed by atoms with E-state index in [0.717, 1.165) is 50.1 Å². The Morgan fingerprint density at radius 2 is 1.81 bits per heavy atom. The van der Waals surface area contributed by atoms with Gasteiger partial charge in [0.15, 0.2) is 0 Å². The SMILES string of the molecule is CC.CCCN(CC)CCCCNc1nnc(-c2ccc(NC(=O)c3ccccc3F)cc2CC)o1. The van der Waals surface area contributed by atoms with E-state index in [1.54, 1.807) is 18.2 Å². The van der Waals surface area contributed by atoms with Crippen LogP contribution in [0.4, 0.5) is 16.1 Å². The number of hydrogen-bond acceptors (Lipinski definition) is 6. The van der Waals surface area contributed by atoms with Crippen LogP contribution in [0.5, 0.6) is 0 Å². The van der Waals surface area contributed by atoms with Gasteiger partial charge in [-0.25, -0.2) is 4.39 Å². The Labute approximate surface area is 214 Å². The standard InChI is InChI=1S/C26H34FN5O2.C2H6/c1-4-16-32(6-3)17-10-9-15-28-26-31-30-25(34-26)21-14-13-20(18-19(21)5-2)29-24(33)22-11-7-8-12-23(22)27;1-2/h7-8,11-14,18H,4-6,9-10,15-17H2,1-3H3,(H,28,31)(H,29,33);1-2H3. The van der Waals surface area contributed by atoms with Crippen LogP contribution in [0.2, 0.25) is 0 Å². The highest BCUT2D eigenvalue weighted by molar-refractivity contribution is 6.04. The number of aromatic nitrogens is 2. The van der Waals surface area contributed by atoms with Gasteiger partial charge in [-0.2, -0.15) is 0 Å². The molecule has 1 heterocycles. The molecule has 0 radical (unpaired) electrons. The second-order valence-corrected chi connectivity index (χ2v) is 8.14. The molecular formula is C28H40FN5O2. The van der Waals surface area contributed by atoms with Crippen LogP contribution in [0.25, 0.3) is 11.5 Å². The Balaban J connectivity index is 0.00000222. The van der Waals surface area contributed by atoms with Gasteiger partial charge in [0.2, 0.25) is 5.89 Å². The molecule has 0 spiro atoms. The lowest BCUT2D eigenvalue weighted by molar-refractivity contribution is 0.102. The Bertz CT molecular complexity index is 1070. The summed E-state index contributed by atoms with van der Waals surface area (Å²) in [5.41, 5.74) is 2.34. The molecule has 0 aliphatic rings. The molecule has 0 saturated carbocycles. The Kier molecular flexibility index (Phi) is 12.6. The smallest absolute Gasteiger partial charge is 0.315 e. The van der Waals surface area contributed by atoms with Gasteiger partial charge < -0.3 is 20.0 Å². The molecule has 2 aromatic carbocycles. The van der Waals surface area contributed by atoms with Crippen LogP contribution in [-0.2, 0) is 6.42 Å². The van der Waals surface area contributed by atoms with Crippen molar-refractivity contribution in [1.29, 1.82) is 0 Å². The van der Waals surface area contributed by atoms with Crippen molar-refractivity contribution >= 4 is 17.6 Å². The minimum absolute atomic E-state index is 0.00464. The van der Waals surface area contributed by atoms with Crippen molar-refractivity contribution in [3.63, 3.8) is 0 Å². The van der Waals surface area contributed by atoms with Crippen LogP contribution in [-0.4, -0.2) is 47.2 Å². The average Bonchev–Trinajstić information content (AvgIpc) is 3.37. The summed E-state index contributed by atoms with van der Waals surface area (Å²) in [6, 6.07) is 11.7. The maximum absolute atomic E-state index is 13.9. The maximum Gasteiger partial charge on any atom is 0.315 e. The second kappa shape index (κ2) is 15.7. The summed E-state index contributed by atoms with van der Waals surface area (Å²) in [6.07, 6.45) is 4.02. The fourth-order valence-corrected chi connectivity index (χ4v) is 3.82. The highest BCUT2D eigenvalue weighted by Crippen LogP contribution is 2.27. The van der Waals surface area contributed by atoms with E-state index in [0.29, 0.717) is 24.0 Å². The fraction of sp³-hybridized carbons (Fsp3) is 0.464. The van der Waals surface area contributed by atoms with E-state index >= 15 is 0 Å². The number of unbranched alkanes of at least 4 members (excludes halogenated alkanes) is 1. The van der Waals surface area contributed by atoms with Gasteiger partial charge in [-0.3, -0.25) is 4.79 Å². The van der Waals surface area contributed by atoms with Gasteiger partial charge in [0.05, 0.1) is 5.56 Å². The van der Waals surface area contributed by atoms with Gasteiger partial charge in [-0.1, -0.05) is 51.9 Å². The first-order valence-corrected chi connectivity index (χ1v) is 13.0. The normalized spacial score (nSPS) is 10.6. The first-order chi connectivity index (χ1) is 17.5. The van der Waals surface area contributed by atoms with Crippen LogP contribution < -0.4 is 10.6 Å². The number of nitrogens with zero attached hydrogens (tertiary/aromatic N) is 3. The van der Waals surface area contributed by atoms with Gasteiger partial charge in [-0.15, -0.1) is 5.10 Å². The molecule has 1 amide bonds. The third kappa shape index (κ3) is 8.45. The van der Waals surface area contributed by atoms with Crippen molar-refractivity contribution in [2.24, 2.45) is 0 Å². The molecule has 2 N–H and O–H groups in total. The Morgan fingerprint density at radius 3 is 2.50 bits per heavy atom. The molecule has 0 fully saturated rings. The van der Waals surface area contributed by atoms with E-state index in [1.807, 2.05) is 32.9 Å². The quantitative estimate of drug-likeness (QED) is 0.258. The van der Waals surface area contributed by atoms with Crippen LogP contribution in [0, 0.1) is 5.82 Å². The van der Waals surface area contributed by atoms with E-state index in [4.69, 9.17) is 4.42 Å². The molecule has 0 atom stereocenters. The Hall–Kier alpha value is -3.26. The number of halogens is 1. The number of carbonyl (C=O) groups excluding carboxylic acids is 1. The van der Waals surface area contributed by atoms with E-state index < -0.39 is 11.7 Å². The fourth-order valence-electron chi connectivity index (χ4n) is 3.82. The summed E-state index contributed by atoms with van der Waals surface area (Å²) >= 11 is 0. The minimum atomic E-state index is -0.554. The van der Waals surface area contributed by atoms with Crippen molar-refractivity contribution in [1.82, 2.24) is 15.1 Å². The molecule has 196 valence electrons. The summed E-state index contributed by atoms with van der Waals surface area (Å²) in [6.45, 7) is 14.5. The first kappa shape index (κ1) is 29.0. The van der Waals surface area contributed by atoms with Gasteiger partial charge in [-0.05, 0) is 81.2 Å². The molecule has 3 aromatic rings. The van der Waals surface area contributed by atoms with Crippen molar-refractivity contribution in [3.8, 4) is 11.5 Å². The predicted octanol–water partition coefficient (Wildman–Crippen LogP) is 6.64. The summed E-state index contributed by atoms with van der Waals surface area (Å²) in [7, 11) is 0. The molecular weight excluding hydrogens is 457 g/mol. The van der Waals surface area contributed by atoms with E-state index in [9.17, 15) is 9.18 Å². The molecule has 36 heavy (non-hydrogen) atoms. The number of benzene rings is 2. The third-order valence-electron chi connectivity index (χ3n) is 5.68. The zero-order chi connectivity index (χ0) is 26.3. The molecule has 0 aliphatic carbocycles. The molecule has 0 aliphatic heterocycles. The Morgan fingerprint density at radius 1 is 1.03 bits per heavy atom.